The fraction of sp³-hybridized carbons (Fsp3) is 0. The quantitative estimate of drug-likeness (QED) is 0.144. The van der Waals surface area contributed by atoms with Crippen molar-refractivity contribution in [3.05, 3.63) is 267 Å². The van der Waals surface area contributed by atoms with Gasteiger partial charge in [-0.1, -0.05) is 200 Å². The fourth-order valence-electron chi connectivity index (χ4n) is 10.4. The van der Waals surface area contributed by atoms with Gasteiger partial charge in [0.1, 0.15) is 11.2 Å². The average Bonchev–Trinajstić information content (AvgIpc) is 3.98. The maximum atomic E-state index is 6.43. The molecule has 0 fully saturated rings. The van der Waals surface area contributed by atoms with Crippen LogP contribution in [-0.4, -0.2) is 4.57 Å². The molecular formula is C66H44N2O. The van der Waals surface area contributed by atoms with E-state index in [4.69, 9.17) is 4.42 Å². The smallest absolute Gasteiger partial charge is 0.136 e. The molecule has 0 unspecified atom stereocenters. The number of para-hydroxylation sites is 5. The number of anilines is 3. The third-order valence-electron chi connectivity index (χ3n) is 13.6. The molecule has 0 spiro atoms. The first kappa shape index (κ1) is 40.1. The zero-order valence-corrected chi connectivity index (χ0v) is 37.7. The van der Waals surface area contributed by atoms with Crippen LogP contribution in [0.25, 0.3) is 105 Å². The molecule has 13 rings (SSSR count). The highest BCUT2D eigenvalue weighted by Crippen LogP contribution is 2.47. The molecule has 0 aliphatic rings. The first-order valence-corrected chi connectivity index (χ1v) is 23.6. The summed E-state index contributed by atoms with van der Waals surface area (Å²) in [6.07, 6.45) is 0. The van der Waals surface area contributed by atoms with Crippen LogP contribution in [0.3, 0.4) is 0 Å². The van der Waals surface area contributed by atoms with Gasteiger partial charge in [0.25, 0.3) is 0 Å². The fourth-order valence-corrected chi connectivity index (χ4v) is 10.4. The Morgan fingerprint density at radius 2 is 0.739 bits per heavy atom. The molecule has 3 nitrogen and oxygen atoms in total. The number of furan rings is 1. The third kappa shape index (κ3) is 7.08. The lowest BCUT2D eigenvalue weighted by molar-refractivity contribution is 0.669. The molecule has 69 heavy (non-hydrogen) atoms. The molecule has 11 aromatic carbocycles. The van der Waals surface area contributed by atoms with Gasteiger partial charge in [0, 0.05) is 44.0 Å². The molecule has 0 atom stereocenters. The van der Waals surface area contributed by atoms with Gasteiger partial charge in [-0.05, 0) is 111 Å². The molecule has 0 saturated carbocycles. The summed E-state index contributed by atoms with van der Waals surface area (Å²) in [6.45, 7) is 0. The van der Waals surface area contributed by atoms with E-state index in [1.54, 1.807) is 0 Å². The number of aromatic nitrogens is 1. The van der Waals surface area contributed by atoms with Crippen LogP contribution in [0.15, 0.2) is 271 Å². The summed E-state index contributed by atoms with van der Waals surface area (Å²) >= 11 is 0. The van der Waals surface area contributed by atoms with Gasteiger partial charge in [0.05, 0.1) is 22.4 Å². The maximum Gasteiger partial charge on any atom is 0.136 e. The summed E-state index contributed by atoms with van der Waals surface area (Å²) < 4.78 is 8.79. The predicted molar refractivity (Wildman–Crippen MR) is 290 cm³/mol. The summed E-state index contributed by atoms with van der Waals surface area (Å²) in [5.41, 5.74) is 20.1. The van der Waals surface area contributed by atoms with E-state index in [1.165, 1.54) is 44.1 Å². The van der Waals surface area contributed by atoms with Gasteiger partial charge in [-0.3, -0.25) is 0 Å². The van der Waals surface area contributed by atoms with Gasteiger partial charge < -0.3 is 13.9 Å². The lowest BCUT2D eigenvalue weighted by Crippen LogP contribution is -2.12. The second-order valence-electron chi connectivity index (χ2n) is 17.6. The first-order valence-electron chi connectivity index (χ1n) is 23.6. The van der Waals surface area contributed by atoms with E-state index in [2.05, 4.69) is 270 Å². The number of fused-ring (bicyclic) bond motifs is 6. The minimum atomic E-state index is 0.875. The van der Waals surface area contributed by atoms with Gasteiger partial charge >= 0.3 is 0 Å². The molecule has 324 valence electrons. The van der Waals surface area contributed by atoms with Crippen LogP contribution >= 0.6 is 0 Å². The Kier molecular flexibility index (Phi) is 9.84. The van der Waals surface area contributed by atoms with E-state index in [0.29, 0.717) is 0 Å². The Morgan fingerprint density at radius 1 is 0.290 bits per heavy atom. The van der Waals surface area contributed by atoms with Crippen LogP contribution in [-0.2, 0) is 0 Å². The number of rotatable bonds is 9. The second-order valence-corrected chi connectivity index (χ2v) is 17.6. The van der Waals surface area contributed by atoms with E-state index in [0.717, 1.165) is 78.1 Å². The third-order valence-corrected chi connectivity index (χ3v) is 13.6. The van der Waals surface area contributed by atoms with Gasteiger partial charge in [-0.2, -0.15) is 0 Å². The molecule has 3 heteroatoms. The van der Waals surface area contributed by atoms with Gasteiger partial charge in [-0.15, -0.1) is 0 Å². The van der Waals surface area contributed by atoms with Crippen molar-refractivity contribution in [2.24, 2.45) is 0 Å². The molecule has 0 amide bonds. The Bertz CT molecular complexity index is 3940. The van der Waals surface area contributed by atoms with Crippen LogP contribution in [0.2, 0.25) is 0 Å². The van der Waals surface area contributed by atoms with Gasteiger partial charge in [0.2, 0.25) is 0 Å². The molecule has 2 aromatic heterocycles. The van der Waals surface area contributed by atoms with E-state index in [9.17, 15) is 0 Å². The van der Waals surface area contributed by atoms with E-state index < -0.39 is 0 Å². The monoisotopic (exact) mass is 880 g/mol. The zero-order chi connectivity index (χ0) is 45.7. The summed E-state index contributed by atoms with van der Waals surface area (Å²) in [6, 6.07) is 96.1. The normalized spacial score (nSPS) is 11.5. The van der Waals surface area contributed by atoms with Crippen LogP contribution in [0, 0.1) is 0 Å². The molecule has 2 heterocycles. The van der Waals surface area contributed by atoms with Crippen LogP contribution < -0.4 is 4.90 Å². The highest BCUT2D eigenvalue weighted by atomic mass is 16.3. The number of benzene rings is 11. The van der Waals surface area contributed by atoms with E-state index in [-0.39, 0.29) is 0 Å². The van der Waals surface area contributed by atoms with Crippen molar-refractivity contribution in [1.29, 1.82) is 0 Å². The highest BCUT2D eigenvalue weighted by molar-refractivity contribution is 6.14. The molecule has 0 aliphatic carbocycles. The van der Waals surface area contributed by atoms with Gasteiger partial charge in [0.15, 0.2) is 0 Å². The number of nitrogens with zero attached hydrogens (tertiary/aromatic N) is 2. The van der Waals surface area contributed by atoms with Crippen molar-refractivity contribution in [3.63, 3.8) is 0 Å². The standard InChI is InChI=1S/C66H44N2O/c1-2-16-45(17-3-1)50-18-14-19-51(44-50)54-20-4-9-26-60(54)67(63-29-12-7-23-57(63)58-25-15-31-65-66(58)59-24-8-13-30-64(59)69-65)52-40-36-48(37-41-52)46-32-34-47(35-33-46)49-38-42-53(43-39-49)68-61-27-10-5-21-55(61)56-22-6-11-28-62(56)68/h1-44H. The van der Waals surface area contributed by atoms with Crippen molar-refractivity contribution in [1.82, 2.24) is 4.57 Å². The Morgan fingerprint density at radius 3 is 1.42 bits per heavy atom. The molecule has 13 aromatic rings. The largest absolute Gasteiger partial charge is 0.456 e. The van der Waals surface area contributed by atoms with Crippen LogP contribution in [0.4, 0.5) is 17.1 Å². The highest BCUT2D eigenvalue weighted by Gasteiger charge is 2.23. The topological polar surface area (TPSA) is 21.3 Å². The minimum Gasteiger partial charge on any atom is -0.456 e. The number of hydrogen-bond acceptors (Lipinski definition) is 2. The van der Waals surface area contributed by atoms with Crippen LogP contribution in [0.1, 0.15) is 0 Å². The molecule has 0 radical (unpaired) electrons. The second kappa shape index (κ2) is 16.9. The Hall–Kier alpha value is -9.18. The number of hydrogen-bond donors (Lipinski definition) is 0. The first-order chi connectivity index (χ1) is 34.2. The Labute approximate surface area is 401 Å². The van der Waals surface area contributed by atoms with Gasteiger partial charge in [-0.25, -0.2) is 0 Å². The van der Waals surface area contributed by atoms with Crippen molar-refractivity contribution < 1.29 is 4.42 Å². The van der Waals surface area contributed by atoms with Crippen molar-refractivity contribution >= 4 is 60.8 Å². The summed E-state index contributed by atoms with van der Waals surface area (Å²) in [7, 11) is 0. The summed E-state index contributed by atoms with van der Waals surface area (Å²) in [4.78, 5) is 2.43. The molecule has 0 N–H and O–H groups in total. The molecule has 0 aliphatic heterocycles. The summed E-state index contributed by atoms with van der Waals surface area (Å²) in [5, 5.41) is 4.76. The molecular weight excluding hydrogens is 837 g/mol. The summed E-state index contributed by atoms with van der Waals surface area (Å²) in [5.74, 6) is 0. The maximum absolute atomic E-state index is 6.43. The van der Waals surface area contributed by atoms with E-state index >= 15 is 0 Å². The lowest BCUT2D eigenvalue weighted by Gasteiger charge is -2.30. The molecule has 0 saturated heterocycles. The average molecular weight is 881 g/mol. The minimum absolute atomic E-state index is 0.875. The van der Waals surface area contributed by atoms with Crippen molar-refractivity contribution in [2.45, 2.75) is 0 Å². The SMILES string of the molecule is c1ccc(-c2cccc(-c3ccccc3N(c3ccc(-c4ccc(-c5ccc(-n6c7ccccc7c7ccccc76)cc5)cc4)cc3)c3ccccc3-c3cccc4oc5ccccc5c34)c2)cc1. The molecule has 0 bridgehead atoms. The van der Waals surface area contributed by atoms with Crippen molar-refractivity contribution in [2.75, 3.05) is 4.90 Å². The zero-order valence-electron chi connectivity index (χ0n) is 37.7. The van der Waals surface area contributed by atoms with Crippen LogP contribution in [0.5, 0.6) is 0 Å². The lowest BCUT2D eigenvalue weighted by atomic mass is 9.95. The van der Waals surface area contributed by atoms with Crippen molar-refractivity contribution in [3.8, 4) is 61.3 Å². The predicted octanol–water partition coefficient (Wildman–Crippen LogP) is 18.5. The Balaban J connectivity index is 0.884. The van der Waals surface area contributed by atoms with E-state index in [1.807, 2.05) is 6.07 Å².